The zero-order valence-electron chi connectivity index (χ0n) is 18.3. The molecule has 0 spiro atoms. The van der Waals surface area contributed by atoms with Crippen molar-refractivity contribution < 1.29 is 14.0 Å². The summed E-state index contributed by atoms with van der Waals surface area (Å²) in [5.41, 5.74) is 1.99. The van der Waals surface area contributed by atoms with Gasteiger partial charge in [-0.15, -0.1) is 10.2 Å². The number of thioether (sulfide) groups is 1. The van der Waals surface area contributed by atoms with Gasteiger partial charge in [-0.3, -0.25) is 9.59 Å². The van der Waals surface area contributed by atoms with Crippen LogP contribution in [0.2, 0.25) is 0 Å². The number of nitrogens with zero attached hydrogens (tertiary/aromatic N) is 3. The van der Waals surface area contributed by atoms with Gasteiger partial charge in [-0.1, -0.05) is 55.9 Å². The van der Waals surface area contributed by atoms with Crippen LogP contribution in [-0.4, -0.2) is 32.3 Å². The van der Waals surface area contributed by atoms with Crippen LogP contribution < -0.4 is 10.6 Å². The van der Waals surface area contributed by atoms with Gasteiger partial charge in [0.2, 0.25) is 11.8 Å². The molecular weight excluding hydrogens is 429 g/mol. The molecule has 7 nitrogen and oxygen atoms in total. The first-order chi connectivity index (χ1) is 15.4. The standard InChI is InChI=1S/C23H26FN5O2S/c1-4-29-20(13-21(30)26-19-12-8-6-10-17(19)24)27-28-23(29)32-14-22(31)25-18-11-7-5-9-16(18)15(2)3/h5-12,15H,4,13-14H2,1-3H3,(H,25,31)(H,26,30). The molecule has 0 saturated carbocycles. The van der Waals surface area contributed by atoms with Gasteiger partial charge in [-0.2, -0.15) is 0 Å². The van der Waals surface area contributed by atoms with E-state index in [1.807, 2.05) is 31.2 Å². The Morgan fingerprint density at radius 2 is 1.66 bits per heavy atom. The van der Waals surface area contributed by atoms with E-state index in [1.165, 1.54) is 23.9 Å². The van der Waals surface area contributed by atoms with Crippen molar-refractivity contribution in [2.45, 2.75) is 44.8 Å². The summed E-state index contributed by atoms with van der Waals surface area (Å²) < 4.78 is 15.5. The molecule has 0 aliphatic rings. The smallest absolute Gasteiger partial charge is 0.234 e. The molecule has 3 aromatic rings. The van der Waals surface area contributed by atoms with Gasteiger partial charge in [0.1, 0.15) is 11.6 Å². The van der Waals surface area contributed by atoms with Crippen molar-refractivity contribution >= 4 is 35.0 Å². The largest absolute Gasteiger partial charge is 0.325 e. The average molecular weight is 456 g/mol. The van der Waals surface area contributed by atoms with Gasteiger partial charge in [-0.05, 0) is 36.6 Å². The summed E-state index contributed by atoms with van der Waals surface area (Å²) in [4.78, 5) is 24.8. The summed E-state index contributed by atoms with van der Waals surface area (Å²) in [6.45, 7) is 6.60. The molecule has 0 aliphatic carbocycles. The second-order valence-electron chi connectivity index (χ2n) is 7.43. The molecule has 0 bridgehead atoms. The summed E-state index contributed by atoms with van der Waals surface area (Å²) in [5, 5.41) is 14.3. The third-order valence-corrected chi connectivity index (χ3v) is 5.73. The number of rotatable bonds is 9. The third kappa shape index (κ3) is 5.94. The predicted octanol–water partition coefficient (Wildman–Crippen LogP) is 4.47. The van der Waals surface area contributed by atoms with Gasteiger partial charge in [0.05, 0.1) is 17.9 Å². The van der Waals surface area contributed by atoms with Crippen LogP contribution in [-0.2, 0) is 22.6 Å². The molecular formula is C23H26FN5O2S. The van der Waals surface area contributed by atoms with Gasteiger partial charge in [0.15, 0.2) is 5.16 Å². The number of aromatic nitrogens is 3. The molecule has 168 valence electrons. The summed E-state index contributed by atoms with van der Waals surface area (Å²) in [5.74, 6) is -0.135. The Morgan fingerprint density at radius 1 is 1.00 bits per heavy atom. The van der Waals surface area contributed by atoms with E-state index >= 15 is 0 Å². The Bertz CT molecular complexity index is 1100. The number of carbonyl (C=O) groups is 2. The summed E-state index contributed by atoms with van der Waals surface area (Å²) >= 11 is 1.25. The van der Waals surface area contributed by atoms with Crippen LogP contribution in [0.4, 0.5) is 15.8 Å². The molecule has 2 amide bonds. The average Bonchev–Trinajstić information content (AvgIpc) is 3.15. The van der Waals surface area contributed by atoms with Crippen molar-refractivity contribution in [2.24, 2.45) is 0 Å². The molecule has 9 heteroatoms. The summed E-state index contributed by atoms with van der Waals surface area (Å²) in [6, 6.07) is 13.7. The van der Waals surface area contributed by atoms with E-state index in [2.05, 4.69) is 34.7 Å². The number of anilines is 2. The SMILES string of the molecule is CCn1c(CC(=O)Nc2ccccc2F)nnc1SCC(=O)Nc1ccccc1C(C)C. The number of carbonyl (C=O) groups excluding carboxylic acids is 2. The minimum absolute atomic E-state index is 0.0519. The minimum atomic E-state index is -0.501. The zero-order chi connectivity index (χ0) is 23.1. The lowest BCUT2D eigenvalue weighted by Gasteiger charge is -2.13. The Hall–Kier alpha value is -3.20. The van der Waals surface area contributed by atoms with E-state index in [1.54, 1.807) is 16.7 Å². The number of benzene rings is 2. The van der Waals surface area contributed by atoms with Crippen LogP contribution in [0, 0.1) is 5.82 Å². The highest BCUT2D eigenvalue weighted by atomic mass is 32.2. The van der Waals surface area contributed by atoms with Crippen LogP contribution in [0.5, 0.6) is 0 Å². The van der Waals surface area contributed by atoms with E-state index < -0.39 is 11.7 Å². The maximum Gasteiger partial charge on any atom is 0.234 e. The minimum Gasteiger partial charge on any atom is -0.325 e. The number of hydrogen-bond donors (Lipinski definition) is 2. The summed E-state index contributed by atoms with van der Waals surface area (Å²) in [7, 11) is 0. The van der Waals surface area contributed by atoms with Crippen molar-refractivity contribution in [2.75, 3.05) is 16.4 Å². The van der Waals surface area contributed by atoms with Gasteiger partial charge in [0.25, 0.3) is 0 Å². The number of amides is 2. The quantitative estimate of drug-likeness (QED) is 0.465. The van der Waals surface area contributed by atoms with Crippen molar-refractivity contribution in [1.82, 2.24) is 14.8 Å². The number of halogens is 1. The van der Waals surface area contributed by atoms with Gasteiger partial charge in [0, 0.05) is 12.2 Å². The fraction of sp³-hybridized carbons (Fsp3) is 0.304. The molecule has 32 heavy (non-hydrogen) atoms. The van der Waals surface area contributed by atoms with E-state index in [9.17, 15) is 14.0 Å². The van der Waals surface area contributed by atoms with Crippen molar-refractivity contribution in [3.05, 3.63) is 65.7 Å². The normalized spacial score (nSPS) is 10.9. The molecule has 0 aliphatic heterocycles. The van der Waals surface area contributed by atoms with Crippen LogP contribution in [0.15, 0.2) is 53.7 Å². The highest BCUT2D eigenvalue weighted by Crippen LogP contribution is 2.24. The second kappa shape index (κ2) is 10.9. The first kappa shape index (κ1) is 23.5. The molecule has 0 radical (unpaired) electrons. The first-order valence-electron chi connectivity index (χ1n) is 10.4. The predicted molar refractivity (Wildman–Crippen MR) is 124 cm³/mol. The zero-order valence-corrected chi connectivity index (χ0v) is 19.1. The van der Waals surface area contributed by atoms with E-state index in [0.717, 1.165) is 11.3 Å². The fourth-order valence-corrected chi connectivity index (χ4v) is 4.03. The van der Waals surface area contributed by atoms with Crippen LogP contribution in [0.3, 0.4) is 0 Å². The first-order valence-corrected chi connectivity index (χ1v) is 11.4. The molecule has 2 aromatic carbocycles. The molecule has 2 N–H and O–H groups in total. The lowest BCUT2D eigenvalue weighted by Crippen LogP contribution is -2.18. The van der Waals surface area contributed by atoms with Crippen LogP contribution >= 0.6 is 11.8 Å². The maximum absolute atomic E-state index is 13.8. The molecule has 3 rings (SSSR count). The second-order valence-corrected chi connectivity index (χ2v) is 8.37. The Kier molecular flexibility index (Phi) is 7.99. The molecule has 0 fully saturated rings. The van der Waals surface area contributed by atoms with Gasteiger partial charge in [-0.25, -0.2) is 4.39 Å². The van der Waals surface area contributed by atoms with Crippen LogP contribution in [0.25, 0.3) is 0 Å². The van der Waals surface area contributed by atoms with E-state index in [4.69, 9.17) is 0 Å². The molecule has 0 saturated heterocycles. The lowest BCUT2D eigenvalue weighted by atomic mass is 10.0. The van der Waals surface area contributed by atoms with Gasteiger partial charge < -0.3 is 15.2 Å². The van der Waals surface area contributed by atoms with Crippen LogP contribution in [0.1, 0.15) is 38.1 Å². The Morgan fingerprint density at radius 3 is 2.34 bits per heavy atom. The monoisotopic (exact) mass is 455 g/mol. The number of nitrogens with one attached hydrogen (secondary N) is 2. The maximum atomic E-state index is 13.8. The fourth-order valence-electron chi connectivity index (χ4n) is 3.21. The van der Waals surface area contributed by atoms with E-state index in [-0.39, 0.29) is 23.8 Å². The third-order valence-electron chi connectivity index (χ3n) is 4.77. The van der Waals surface area contributed by atoms with Gasteiger partial charge >= 0.3 is 0 Å². The topological polar surface area (TPSA) is 88.9 Å². The highest BCUT2D eigenvalue weighted by molar-refractivity contribution is 7.99. The van der Waals surface area contributed by atoms with Crippen molar-refractivity contribution in [3.63, 3.8) is 0 Å². The van der Waals surface area contributed by atoms with Crippen molar-refractivity contribution in [1.29, 1.82) is 0 Å². The molecule has 1 heterocycles. The number of hydrogen-bond acceptors (Lipinski definition) is 5. The Balaban J connectivity index is 1.61. The number of para-hydroxylation sites is 2. The van der Waals surface area contributed by atoms with E-state index in [0.29, 0.717) is 23.4 Å². The molecule has 0 unspecified atom stereocenters. The Labute approximate surface area is 190 Å². The summed E-state index contributed by atoms with van der Waals surface area (Å²) in [6.07, 6.45) is -0.0519. The highest BCUT2D eigenvalue weighted by Gasteiger charge is 2.17. The lowest BCUT2D eigenvalue weighted by molar-refractivity contribution is -0.116. The van der Waals surface area contributed by atoms with Crippen molar-refractivity contribution in [3.8, 4) is 0 Å². The molecule has 1 aromatic heterocycles. The molecule has 0 atom stereocenters.